The van der Waals surface area contributed by atoms with Crippen LogP contribution in [0.1, 0.15) is 22.3 Å². The fourth-order valence-electron chi connectivity index (χ4n) is 1.91. The summed E-state index contributed by atoms with van der Waals surface area (Å²) < 4.78 is 2.35. The van der Waals surface area contributed by atoms with Crippen molar-refractivity contribution in [1.29, 1.82) is 0 Å². The second kappa shape index (κ2) is 6.78. The van der Waals surface area contributed by atoms with E-state index in [1.165, 1.54) is 11.3 Å². The van der Waals surface area contributed by atoms with E-state index in [2.05, 4.69) is 11.7 Å². The van der Waals surface area contributed by atoms with Crippen molar-refractivity contribution >= 4 is 34.5 Å². The van der Waals surface area contributed by atoms with Gasteiger partial charge in [0, 0.05) is 24.2 Å². The summed E-state index contributed by atoms with van der Waals surface area (Å²) in [7, 11) is 0. The van der Waals surface area contributed by atoms with E-state index in [1.807, 2.05) is 19.1 Å². The Hall–Kier alpha value is -1.79. The van der Waals surface area contributed by atoms with Crippen molar-refractivity contribution in [2.45, 2.75) is 20.0 Å². The minimum atomic E-state index is -0.205. The first-order valence-corrected chi connectivity index (χ1v) is 7.72. The SMILES string of the molecule is C=CCN(Cc1ccc(Cl)s1)C(=O)c1nn(CC)cc1N. The smallest absolute Gasteiger partial charge is 0.277 e. The molecule has 0 aliphatic rings. The van der Waals surface area contributed by atoms with Gasteiger partial charge < -0.3 is 10.6 Å². The Balaban J connectivity index is 2.22. The summed E-state index contributed by atoms with van der Waals surface area (Å²) in [6, 6.07) is 3.72. The van der Waals surface area contributed by atoms with Gasteiger partial charge in [0.15, 0.2) is 5.69 Å². The Bertz CT molecular complexity index is 649. The number of nitrogens with zero attached hydrogens (tertiary/aromatic N) is 3. The molecule has 0 aliphatic carbocycles. The molecule has 2 N–H and O–H groups in total. The molecule has 0 saturated carbocycles. The summed E-state index contributed by atoms with van der Waals surface area (Å²) in [6.45, 7) is 7.18. The molecule has 2 aromatic rings. The summed E-state index contributed by atoms with van der Waals surface area (Å²) in [5, 5.41) is 4.22. The number of anilines is 1. The van der Waals surface area contributed by atoms with Crippen LogP contribution in [0, 0.1) is 0 Å². The van der Waals surface area contributed by atoms with Gasteiger partial charge in [0.2, 0.25) is 0 Å². The minimum Gasteiger partial charge on any atom is -0.396 e. The van der Waals surface area contributed by atoms with Crippen LogP contribution in [0.2, 0.25) is 4.34 Å². The van der Waals surface area contributed by atoms with Gasteiger partial charge in [0.25, 0.3) is 5.91 Å². The van der Waals surface area contributed by atoms with Gasteiger partial charge in [-0.1, -0.05) is 17.7 Å². The van der Waals surface area contributed by atoms with Gasteiger partial charge in [-0.15, -0.1) is 17.9 Å². The molecule has 0 aromatic carbocycles. The number of aryl methyl sites for hydroxylation is 1. The lowest BCUT2D eigenvalue weighted by molar-refractivity contribution is 0.0758. The highest BCUT2D eigenvalue weighted by Gasteiger charge is 2.21. The molecule has 0 atom stereocenters. The minimum absolute atomic E-state index is 0.205. The highest BCUT2D eigenvalue weighted by molar-refractivity contribution is 7.16. The van der Waals surface area contributed by atoms with Gasteiger partial charge in [0.1, 0.15) is 0 Å². The Labute approximate surface area is 132 Å². The van der Waals surface area contributed by atoms with Crippen molar-refractivity contribution in [1.82, 2.24) is 14.7 Å². The molecular formula is C14H17ClN4OS. The number of aromatic nitrogens is 2. The van der Waals surface area contributed by atoms with Crippen LogP contribution in [0.15, 0.2) is 31.0 Å². The second-order valence-corrected chi connectivity index (χ2v) is 6.27. The fourth-order valence-corrected chi connectivity index (χ4v) is 3.02. The third-order valence-corrected chi connectivity index (χ3v) is 4.14. The molecule has 7 heteroatoms. The Kier molecular flexibility index (Phi) is 5.03. The normalized spacial score (nSPS) is 10.6. The summed E-state index contributed by atoms with van der Waals surface area (Å²) >= 11 is 7.37. The highest BCUT2D eigenvalue weighted by atomic mass is 35.5. The predicted molar refractivity (Wildman–Crippen MR) is 86.6 cm³/mol. The number of nitrogen functional groups attached to an aromatic ring is 1. The number of halogens is 1. The first-order chi connectivity index (χ1) is 10.0. The van der Waals surface area contributed by atoms with Crippen LogP contribution >= 0.6 is 22.9 Å². The van der Waals surface area contributed by atoms with Crippen molar-refractivity contribution in [3.05, 3.63) is 45.9 Å². The highest BCUT2D eigenvalue weighted by Crippen LogP contribution is 2.23. The van der Waals surface area contributed by atoms with Crippen molar-refractivity contribution < 1.29 is 4.79 Å². The molecule has 0 fully saturated rings. The third-order valence-electron chi connectivity index (χ3n) is 2.93. The maximum atomic E-state index is 12.6. The van der Waals surface area contributed by atoms with Gasteiger partial charge in [0.05, 0.1) is 16.6 Å². The molecule has 0 spiro atoms. The predicted octanol–water partition coefficient (Wildman–Crippen LogP) is 3.03. The van der Waals surface area contributed by atoms with Crippen LogP contribution in [0.25, 0.3) is 0 Å². The largest absolute Gasteiger partial charge is 0.396 e. The summed E-state index contributed by atoms with van der Waals surface area (Å²) in [5.74, 6) is -0.205. The van der Waals surface area contributed by atoms with Gasteiger partial charge in [-0.25, -0.2) is 0 Å². The van der Waals surface area contributed by atoms with E-state index in [0.29, 0.717) is 29.7 Å². The molecule has 21 heavy (non-hydrogen) atoms. The number of rotatable bonds is 6. The molecule has 0 unspecified atom stereocenters. The summed E-state index contributed by atoms with van der Waals surface area (Å²) in [6.07, 6.45) is 3.35. The molecule has 0 aliphatic heterocycles. The van der Waals surface area contributed by atoms with Crippen molar-refractivity contribution in [2.75, 3.05) is 12.3 Å². The maximum Gasteiger partial charge on any atom is 0.277 e. The zero-order valence-electron chi connectivity index (χ0n) is 11.8. The molecule has 1 amide bonds. The average Bonchev–Trinajstić information content (AvgIpc) is 3.03. The van der Waals surface area contributed by atoms with Gasteiger partial charge in [-0.3, -0.25) is 9.48 Å². The lowest BCUT2D eigenvalue weighted by Gasteiger charge is -2.19. The lowest BCUT2D eigenvalue weighted by Crippen LogP contribution is -2.31. The summed E-state index contributed by atoms with van der Waals surface area (Å²) in [4.78, 5) is 15.2. The van der Waals surface area contributed by atoms with E-state index in [1.54, 1.807) is 21.9 Å². The molecule has 2 heterocycles. The van der Waals surface area contributed by atoms with E-state index in [0.717, 1.165) is 4.88 Å². The van der Waals surface area contributed by atoms with Gasteiger partial charge >= 0.3 is 0 Å². The van der Waals surface area contributed by atoms with E-state index in [4.69, 9.17) is 17.3 Å². The van der Waals surface area contributed by atoms with Gasteiger partial charge in [-0.05, 0) is 19.1 Å². The number of hydrogen-bond acceptors (Lipinski definition) is 4. The number of amides is 1. The van der Waals surface area contributed by atoms with Crippen LogP contribution in [0.4, 0.5) is 5.69 Å². The van der Waals surface area contributed by atoms with Crippen molar-refractivity contribution in [3.63, 3.8) is 0 Å². The molecule has 112 valence electrons. The average molecular weight is 325 g/mol. The standard InChI is InChI=1S/C14H17ClN4OS/c1-3-7-18(8-10-5-6-12(15)21-10)14(20)13-11(16)9-19(4-2)17-13/h3,5-6,9H,1,4,7-8,16H2,2H3. The molecule has 0 saturated heterocycles. The van der Waals surface area contributed by atoms with Crippen LogP contribution in [0.5, 0.6) is 0 Å². The van der Waals surface area contributed by atoms with Crippen molar-refractivity contribution in [3.8, 4) is 0 Å². The Morgan fingerprint density at radius 3 is 2.90 bits per heavy atom. The molecular weight excluding hydrogens is 308 g/mol. The third kappa shape index (κ3) is 3.65. The van der Waals surface area contributed by atoms with E-state index in [-0.39, 0.29) is 11.6 Å². The molecule has 2 aromatic heterocycles. The molecule has 2 rings (SSSR count). The Morgan fingerprint density at radius 2 is 2.38 bits per heavy atom. The van der Waals surface area contributed by atoms with E-state index >= 15 is 0 Å². The topological polar surface area (TPSA) is 64.2 Å². The van der Waals surface area contributed by atoms with Gasteiger partial charge in [-0.2, -0.15) is 5.10 Å². The maximum absolute atomic E-state index is 12.6. The zero-order chi connectivity index (χ0) is 15.4. The zero-order valence-corrected chi connectivity index (χ0v) is 13.3. The fraction of sp³-hybridized carbons (Fsp3) is 0.286. The van der Waals surface area contributed by atoms with Crippen LogP contribution in [-0.4, -0.2) is 27.1 Å². The molecule has 0 bridgehead atoms. The summed E-state index contributed by atoms with van der Waals surface area (Å²) in [5.41, 5.74) is 6.54. The first-order valence-electron chi connectivity index (χ1n) is 6.52. The monoisotopic (exact) mass is 324 g/mol. The number of nitrogens with two attached hydrogens (primary N) is 1. The van der Waals surface area contributed by atoms with Crippen LogP contribution < -0.4 is 5.73 Å². The second-order valence-electron chi connectivity index (χ2n) is 4.47. The Morgan fingerprint density at radius 1 is 1.62 bits per heavy atom. The quantitative estimate of drug-likeness (QED) is 0.831. The van der Waals surface area contributed by atoms with E-state index < -0.39 is 0 Å². The lowest BCUT2D eigenvalue weighted by atomic mass is 10.3. The van der Waals surface area contributed by atoms with Crippen LogP contribution in [-0.2, 0) is 13.1 Å². The number of hydrogen-bond donors (Lipinski definition) is 1. The molecule has 5 nitrogen and oxygen atoms in total. The number of carbonyl (C=O) groups is 1. The van der Waals surface area contributed by atoms with Crippen molar-refractivity contribution in [2.24, 2.45) is 0 Å². The number of thiophene rings is 1. The van der Waals surface area contributed by atoms with Crippen LogP contribution in [0.3, 0.4) is 0 Å². The first kappa shape index (κ1) is 15.6. The number of carbonyl (C=O) groups excluding carboxylic acids is 1. The molecule has 0 radical (unpaired) electrons. The van der Waals surface area contributed by atoms with E-state index in [9.17, 15) is 4.79 Å².